The highest BCUT2D eigenvalue weighted by atomic mass is 16.6. The molecule has 0 amide bonds. The normalized spacial score (nSPS) is 44.9. The highest BCUT2D eigenvalue weighted by Crippen LogP contribution is 2.68. The molecule has 16 heavy (non-hydrogen) atoms. The van der Waals surface area contributed by atoms with Crippen molar-refractivity contribution >= 4 is 0 Å². The minimum atomic E-state index is 0.185. The van der Waals surface area contributed by atoms with E-state index >= 15 is 0 Å². The molecule has 4 atom stereocenters. The molecule has 1 heteroatoms. The lowest BCUT2D eigenvalue weighted by Gasteiger charge is -2.21. The van der Waals surface area contributed by atoms with Crippen LogP contribution in [0.15, 0.2) is 11.6 Å². The molecule has 0 radical (unpaired) electrons. The first-order valence-electron chi connectivity index (χ1n) is 6.80. The molecule has 0 unspecified atom stereocenters. The Morgan fingerprint density at radius 3 is 2.62 bits per heavy atom. The average Bonchev–Trinajstić information content (AvgIpc) is 3.06. The summed E-state index contributed by atoms with van der Waals surface area (Å²) in [6.45, 7) is 9.20. The van der Waals surface area contributed by atoms with Gasteiger partial charge in [-0.3, -0.25) is 0 Å². The van der Waals surface area contributed by atoms with Crippen molar-refractivity contribution in [1.82, 2.24) is 0 Å². The molecule has 0 bridgehead atoms. The number of epoxide rings is 1. The minimum absolute atomic E-state index is 0.185. The van der Waals surface area contributed by atoms with Gasteiger partial charge in [0.25, 0.3) is 0 Å². The van der Waals surface area contributed by atoms with Crippen molar-refractivity contribution in [2.24, 2.45) is 17.3 Å². The monoisotopic (exact) mass is 220 g/mol. The van der Waals surface area contributed by atoms with E-state index in [1.807, 2.05) is 0 Å². The molecule has 0 spiro atoms. The molecule has 0 aromatic rings. The Morgan fingerprint density at radius 1 is 1.50 bits per heavy atom. The number of hydrogen-bond acceptors (Lipinski definition) is 1. The summed E-state index contributed by atoms with van der Waals surface area (Å²) in [6.07, 6.45) is 8.44. The Morgan fingerprint density at radius 2 is 2.19 bits per heavy atom. The minimum Gasteiger partial charge on any atom is -0.367 e. The largest absolute Gasteiger partial charge is 0.367 e. The predicted molar refractivity (Wildman–Crippen MR) is 66.3 cm³/mol. The first-order valence-corrected chi connectivity index (χ1v) is 6.80. The third kappa shape index (κ3) is 1.48. The third-order valence-electron chi connectivity index (χ3n) is 5.48. The zero-order valence-electron chi connectivity index (χ0n) is 11.0. The van der Waals surface area contributed by atoms with Crippen LogP contribution in [0.2, 0.25) is 0 Å². The van der Waals surface area contributed by atoms with Gasteiger partial charge in [-0.15, -0.1) is 0 Å². The highest BCUT2D eigenvalue weighted by molar-refractivity contribution is 5.29. The maximum Gasteiger partial charge on any atom is 0.0892 e. The summed E-state index contributed by atoms with van der Waals surface area (Å²) in [4.78, 5) is 0. The van der Waals surface area contributed by atoms with E-state index in [9.17, 15) is 0 Å². The first-order chi connectivity index (χ1) is 7.46. The molecule has 1 nitrogen and oxygen atoms in total. The molecular formula is C15H24O. The second kappa shape index (κ2) is 3.13. The summed E-state index contributed by atoms with van der Waals surface area (Å²) in [5.74, 6) is 1.82. The summed E-state index contributed by atoms with van der Waals surface area (Å²) in [5.41, 5.74) is 2.53. The van der Waals surface area contributed by atoms with Crippen molar-refractivity contribution in [1.29, 1.82) is 0 Å². The second-order valence-electron chi connectivity index (χ2n) is 6.83. The molecule has 1 saturated heterocycles. The summed E-state index contributed by atoms with van der Waals surface area (Å²) < 4.78 is 5.67. The lowest BCUT2D eigenvalue weighted by molar-refractivity contribution is 0.277. The van der Waals surface area contributed by atoms with Gasteiger partial charge in [-0.25, -0.2) is 0 Å². The van der Waals surface area contributed by atoms with Gasteiger partial charge >= 0.3 is 0 Å². The topological polar surface area (TPSA) is 12.5 Å². The lowest BCUT2D eigenvalue weighted by Crippen LogP contribution is -2.14. The molecule has 90 valence electrons. The van der Waals surface area contributed by atoms with Crippen molar-refractivity contribution in [2.45, 2.75) is 65.1 Å². The van der Waals surface area contributed by atoms with E-state index in [0.29, 0.717) is 11.5 Å². The molecule has 2 fully saturated rings. The standard InChI is InChI=1S/C15H24O/c1-10-7-8-15(9-12(10)15)11(2)5-6-13-14(3,4)16-13/h7,11-13H,5-6,8-9H2,1-4H3/t11-,12-,13+,15-/m0/s1. The van der Waals surface area contributed by atoms with E-state index in [0.717, 1.165) is 11.8 Å². The summed E-state index contributed by atoms with van der Waals surface area (Å²) in [5, 5.41) is 0. The third-order valence-corrected chi connectivity index (χ3v) is 5.48. The van der Waals surface area contributed by atoms with Crippen molar-refractivity contribution < 1.29 is 4.74 Å². The van der Waals surface area contributed by atoms with E-state index in [4.69, 9.17) is 4.74 Å². The van der Waals surface area contributed by atoms with Gasteiger partial charge in [0.2, 0.25) is 0 Å². The smallest absolute Gasteiger partial charge is 0.0892 e. The van der Waals surface area contributed by atoms with Gasteiger partial charge in [0.1, 0.15) is 0 Å². The van der Waals surface area contributed by atoms with Crippen LogP contribution in [-0.4, -0.2) is 11.7 Å². The molecule has 3 aliphatic rings. The molecule has 1 saturated carbocycles. The first kappa shape index (κ1) is 10.8. The van der Waals surface area contributed by atoms with E-state index in [1.165, 1.54) is 25.7 Å². The number of allylic oxidation sites excluding steroid dienone is 2. The van der Waals surface area contributed by atoms with Gasteiger partial charge in [-0.1, -0.05) is 18.6 Å². The maximum absolute atomic E-state index is 5.67. The predicted octanol–water partition coefficient (Wildman–Crippen LogP) is 3.94. The van der Waals surface area contributed by atoms with E-state index in [1.54, 1.807) is 5.57 Å². The molecule has 0 N–H and O–H groups in total. The molecule has 1 heterocycles. The van der Waals surface area contributed by atoms with Crippen LogP contribution in [0.5, 0.6) is 0 Å². The molecule has 0 aromatic heterocycles. The fourth-order valence-electron chi connectivity index (χ4n) is 3.83. The van der Waals surface area contributed by atoms with Crippen molar-refractivity contribution in [2.75, 3.05) is 0 Å². The number of ether oxygens (including phenoxy) is 1. The van der Waals surface area contributed by atoms with Crippen LogP contribution in [0.25, 0.3) is 0 Å². The maximum atomic E-state index is 5.67. The summed E-state index contributed by atoms with van der Waals surface area (Å²) in [6, 6.07) is 0. The van der Waals surface area contributed by atoms with Crippen molar-refractivity contribution in [3.8, 4) is 0 Å². The molecule has 2 aliphatic carbocycles. The van der Waals surface area contributed by atoms with Crippen LogP contribution in [-0.2, 0) is 4.74 Å². The van der Waals surface area contributed by atoms with E-state index < -0.39 is 0 Å². The van der Waals surface area contributed by atoms with Crippen molar-refractivity contribution in [3.63, 3.8) is 0 Å². The molecular weight excluding hydrogens is 196 g/mol. The molecule has 3 rings (SSSR count). The molecule has 0 aromatic carbocycles. The van der Waals surface area contributed by atoms with E-state index in [-0.39, 0.29) is 5.60 Å². The Kier molecular flexibility index (Phi) is 2.12. The summed E-state index contributed by atoms with van der Waals surface area (Å²) in [7, 11) is 0. The van der Waals surface area contributed by atoms with Crippen LogP contribution in [0.1, 0.15) is 53.4 Å². The average molecular weight is 220 g/mol. The Balaban J connectivity index is 1.51. The van der Waals surface area contributed by atoms with Gasteiger partial charge in [0.05, 0.1) is 11.7 Å². The fourth-order valence-corrected chi connectivity index (χ4v) is 3.83. The van der Waals surface area contributed by atoms with Gasteiger partial charge in [-0.2, -0.15) is 0 Å². The zero-order chi connectivity index (χ0) is 11.6. The van der Waals surface area contributed by atoms with Crippen molar-refractivity contribution in [3.05, 3.63) is 11.6 Å². The summed E-state index contributed by atoms with van der Waals surface area (Å²) >= 11 is 0. The van der Waals surface area contributed by atoms with Gasteiger partial charge in [0.15, 0.2) is 0 Å². The SMILES string of the molecule is CC1=CC[C@@]2([C@@H](C)CC[C@H]3OC3(C)C)C[C@@H]12. The number of rotatable bonds is 4. The Labute approximate surface area is 99.3 Å². The quantitative estimate of drug-likeness (QED) is 0.516. The van der Waals surface area contributed by atoms with Crippen LogP contribution in [0, 0.1) is 17.3 Å². The van der Waals surface area contributed by atoms with Crippen LogP contribution >= 0.6 is 0 Å². The Bertz CT molecular complexity index is 341. The van der Waals surface area contributed by atoms with Crippen LogP contribution < -0.4 is 0 Å². The Hall–Kier alpha value is -0.300. The van der Waals surface area contributed by atoms with Crippen LogP contribution in [0.3, 0.4) is 0 Å². The number of fused-ring (bicyclic) bond motifs is 1. The molecule has 1 aliphatic heterocycles. The van der Waals surface area contributed by atoms with E-state index in [2.05, 4.69) is 33.8 Å². The second-order valence-corrected chi connectivity index (χ2v) is 6.83. The lowest BCUT2D eigenvalue weighted by atomic mass is 9.83. The van der Waals surface area contributed by atoms with Gasteiger partial charge in [-0.05, 0) is 63.7 Å². The number of hydrogen-bond donors (Lipinski definition) is 0. The van der Waals surface area contributed by atoms with Gasteiger partial charge < -0.3 is 4.74 Å². The zero-order valence-corrected chi connectivity index (χ0v) is 11.0. The fraction of sp³-hybridized carbons (Fsp3) is 0.867. The van der Waals surface area contributed by atoms with Crippen LogP contribution in [0.4, 0.5) is 0 Å². The van der Waals surface area contributed by atoms with Gasteiger partial charge in [0, 0.05) is 0 Å². The highest BCUT2D eigenvalue weighted by Gasteiger charge is 2.59.